The minimum atomic E-state index is -0.369. The Labute approximate surface area is 147 Å². The monoisotopic (exact) mass is 338 g/mol. The lowest BCUT2D eigenvalue weighted by molar-refractivity contribution is -0.128. The van der Waals surface area contributed by atoms with Gasteiger partial charge in [-0.3, -0.25) is 30.3 Å². The van der Waals surface area contributed by atoms with Crippen molar-refractivity contribution in [3.63, 3.8) is 0 Å². The molecular weight excluding hydrogens is 316 g/mol. The summed E-state index contributed by atoms with van der Waals surface area (Å²) >= 11 is 0. The summed E-state index contributed by atoms with van der Waals surface area (Å²) in [4.78, 5) is 30.6. The van der Waals surface area contributed by atoms with Crippen molar-refractivity contribution in [1.29, 1.82) is 0 Å². The minimum absolute atomic E-state index is 0.173. The van der Waals surface area contributed by atoms with Crippen molar-refractivity contribution in [2.75, 3.05) is 6.54 Å². The van der Waals surface area contributed by atoms with Gasteiger partial charge in [-0.15, -0.1) is 0 Å². The predicted octanol–water partition coefficient (Wildman–Crippen LogP) is 1.90. The highest BCUT2D eigenvalue weighted by molar-refractivity contribution is 5.95. The summed E-state index contributed by atoms with van der Waals surface area (Å²) in [6.07, 6.45) is 5.95. The molecule has 1 aliphatic rings. The number of amides is 2. The van der Waals surface area contributed by atoms with Gasteiger partial charge in [0.05, 0.1) is 11.6 Å². The summed E-state index contributed by atoms with van der Waals surface area (Å²) < 4.78 is 0. The zero-order valence-electron chi connectivity index (χ0n) is 14.0. The molecule has 2 aromatic rings. The molecule has 0 bridgehead atoms. The van der Waals surface area contributed by atoms with Crippen LogP contribution in [-0.4, -0.2) is 34.3 Å². The third-order valence-corrected chi connectivity index (χ3v) is 4.37. The molecule has 130 valence electrons. The van der Waals surface area contributed by atoms with E-state index >= 15 is 0 Å². The van der Waals surface area contributed by atoms with Crippen LogP contribution in [0.4, 0.5) is 0 Å². The van der Waals surface area contributed by atoms with E-state index in [1.54, 1.807) is 18.3 Å². The molecule has 1 atom stereocenters. The van der Waals surface area contributed by atoms with Crippen LogP contribution in [0.3, 0.4) is 0 Å². The topological polar surface area (TPSA) is 74.3 Å². The average molecular weight is 338 g/mol. The number of aromatic nitrogens is 1. The van der Waals surface area contributed by atoms with E-state index in [0.29, 0.717) is 5.56 Å². The van der Waals surface area contributed by atoms with E-state index in [2.05, 4.69) is 32.9 Å². The second-order valence-corrected chi connectivity index (χ2v) is 6.15. The van der Waals surface area contributed by atoms with Gasteiger partial charge in [-0.25, -0.2) is 0 Å². The number of carbonyl (C=O) groups excluding carboxylic acids is 2. The average Bonchev–Trinajstić information content (AvgIpc) is 2.68. The van der Waals surface area contributed by atoms with Gasteiger partial charge in [-0.2, -0.15) is 0 Å². The van der Waals surface area contributed by atoms with Gasteiger partial charge < -0.3 is 0 Å². The second kappa shape index (κ2) is 8.39. The summed E-state index contributed by atoms with van der Waals surface area (Å²) in [7, 11) is 0. The number of likely N-dealkylation sites (tertiary alicyclic amines) is 1. The first kappa shape index (κ1) is 17.1. The van der Waals surface area contributed by atoms with Crippen LogP contribution in [0, 0.1) is 0 Å². The van der Waals surface area contributed by atoms with Gasteiger partial charge in [-0.05, 0) is 37.1 Å². The Bertz CT molecular complexity index is 706. The van der Waals surface area contributed by atoms with Crippen LogP contribution in [0.15, 0.2) is 54.9 Å². The fourth-order valence-electron chi connectivity index (χ4n) is 3.07. The first-order valence-electron chi connectivity index (χ1n) is 8.52. The summed E-state index contributed by atoms with van der Waals surface area (Å²) in [5.74, 6) is -0.542. The number of carbonyl (C=O) groups is 2. The summed E-state index contributed by atoms with van der Waals surface area (Å²) in [5.41, 5.74) is 6.63. The van der Waals surface area contributed by atoms with Crippen molar-refractivity contribution in [2.45, 2.75) is 31.8 Å². The van der Waals surface area contributed by atoms with Crippen LogP contribution in [0.2, 0.25) is 0 Å². The van der Waals surface area contributed by atoms with Gasteiger partial charge in [0, 0.05) is 18.9 Å². The summed E-state index contributed by atoms with van der Waals surface area (Å²) in [6.45, 7) is 1.61. The lowest BCUT2D eigenvalue weighted by Gasteiger charge is -2.34. The standard InChI is InChI=1S/C19H22N4O2/c24-18(16-9-6-11-20-13-16)21-22-19(25)17-10-4-5-12-23(17)14-15-7-2-1-3-8-15/h1-3,6-9,11,13,17H,4-5,10,12,14H2,(H,21,24)(H,22,25)/t17-/m1/s1. The highest BCUT2D eigenvalue weighted by Crippen LogP contribution is 2.19. The van der Waals surface area contributed by atoms with E-state index in [1.165, 1.54) is 11.8 Å². The van der Waals surface area contributed by atoms with Crippen LogP contribution in [0.25, 0.3) is 0 Å². The quantitative estimate of drug-likeness (QED) is 0.835. The Hall–Kier alpha value is -2.73. The predicted molar refractivity (Wildman–Crippen MR) is 94.3 cm³/mol. The number of rotatable bonds is 4. The zero-order valence-corrected chi connectivity index (χ0v) is 14.0. The van der Waals surface area contributed by atoms with E-state index in [4.69, 9.17) is 0 Å². The Morgan fingerprint density at radius 3 is 2.68 bits per heavy atom. The maximum Gasteiger partial charge on any atom is 0.271 e. The van der Waals surface area contributed by atoms with Gasteiger partial charge in [0.1, 0.15) is 0 Å². The molecule has 2 N–H and O–H groups in total. The van der Waals surface area contributed by atoms with Crippen LogP contribution in [0.5, 0.6) is 0 Å². The van der Waals surface area contributed by atoms with Crippen LogP contribution >= 0.6 is 0 Å². The lowest BCUT2D eigenvalue weighted by Crippen LogP contribution is -2.53. The van der Waals surface area contributed by atoms with Crippen molar-refractivity contribution >= 4 is 11.8 Å². The molecule has 1 aliphatic heterocycles. The third kappa shape index (κ3) is 4.64. The molecule has 6 nitrogen and oxygen atoms in total. The Morgan fingerprint density at radius 1 is 1.08 bits per heavy atom. The maximum atomic E-state index is 12.6. The largest absolute Gasteiger partial charge is 0.288 e. The van der Waals surface area contributed by atoms with E-state index in [-0.39, 0.29) is 17.9 Å². The van der Waals surface area contributed by atoms with Crippen molar-refractivity contribution in [2.24, 2.45) is 0 Å². The smallest absolute Gasteiger partial charge is 0.271 e. The van der Waals surface area contributed by atoms with Crippen molar-refractivity contribution in [1.82, 2.24) is 20.7 Å². The number of nitrogens with zero attached hydrogens (tertiary/aromatic N) is 2. The van der Waals surface area contributed by atoms with Gasteiger partial charge in [0.15, 0.2) is 0 Å². The number of hydrazine groups is 1. The molecule has 1 aromatic carbocycles. The van der Waals surface area contributed by atoms with Crippen molar-refractivity contribution in [3.05, 3.63) is 66.0 Å². The molecule has 1 saturated heterocycles. The van der Waals surface area contributed by atoms with E-state index in [9.17, 15) is 9.59 Å². The maximum absolute atomic E-state index is 12.6. The molecular formula is C19H22N4O2. The molecule has 25 heavy (non-hydrogen) atoms. The third-order valence-electron chi connectivity index (χ3n) is 4.37. The molecule has 0 spiro atoms. The highest BCUT2D eigenvalue weighted by Gasteiger charge is 2.28. The molecule has 0 radical (unpaired) electrons. The van der Waals surface area contributed by atoms with Gasteiger partial charge >= 0.3 is 0 Å². The molecule has 6 heteroatoms. The molecule has 2 amide bonds. The molecule has 1 aromatic heterocycles. The molecule has 0 unspecified atom stereocenters. The molecule has 3 rings (SSSR count). The van der Waals surface area contributed by atoms with Crippen molar-refractivity contribution < 1.29 is 9.59 Å². The normalized spacial score (nSPS) is 17.7. The molecule has 0 aliphatic carbocycles. The Kier molecular flexibility index (Phi) is 5.74. The summed E-state index contributed by atoms with van der Waals surface area (Å²) in [5, 5.41) is 0. The van der Waals surface area contributed by atoms with Gasteiger partial charge in [0.2, 0.25) is 0 Å². The van der Waals surface area contributed by atoms with Crippen LogP contribution < -0.4 is 10.9 Å². The Balaban J connectivity index is 1.58. The Morgan fingerprint density at radius 2 is 1.92 bits per heavy atom. The highest BCUT2D eigenvalue weighted by atomic mass is 16.2. The number of hydrogen-bond acceptors (Lipinski definition) is 4. The van der Waals surface area contributed by atoms with Gasteiger partial charge in [0.25, 0.3) is 11.8 Å². The number of pyridine rings is 1. The number of hydrogen-bond donors (Lipinski definition) is 2. The van der Waals surface area contributed by atoms with E-state index in [0.717, 1.165) is 32.4 Å². The molecule has 1 fully saturated rings. The number of benzene rings is 1. The fraction of sp³-hybridized carbons (Fsp3) is 0.316. The second-order valence-electron chi connectivity index (χ2n) is 6.15. The molecule has 2 heterocycles. The first-order chi connectivity index (χ1) is 12.2. The van der Waals surface area contributed by atoms with E-state index in [1.807, 2.05) is 18.2 Å². The lowest BCUT2D eigenvalue weighted by atomic mass is 10.0. The first-order valence-corrected chi connectivity index (χ1v) is 8.52. The van der Waals surface area contributed by atoms with Crippen LogP contribution in [-0.2, 0) is 11.3 Å². The summed E-state index contributed by atoms with van der Waals surface area (Å²) in [6, 6.07) is 13.2. The number of piperidine rings is 1. The molecule has 0 saturated carbocycles. The zero-order chi connectivity index (χ0) is 17.5. The van der Waals surface area contributed by atoms with Crippen molar-refractivity contribution in [3.8, 4) is 0 Å². The van der Waals surface area contributed by atoms with E-state index < -0.39 is 0 Å². The fourth-order valence-corrected chi connectivity index (χ4v) is 3.07. The van der Waals surface area contributed by atoms with Gasteiger partial charge in [-0.1, -0.05) is 36.8 Å². The minimum Gasteiger partial charge on any atom is -0.288 e. The van der Waals surface area contributed by atoms with Crippen LogP contribution in [0.1, 0.15) is 35.2 Å². The SMILES string of the molecule is O=C(NNC(=O)[C@H]1CCCCN1Cc1ccccc1)c1cccnc1. The number of nitrogens with one attached hydrogen (secondary N) is 2.